The second-order valence-electron chi connectivity index (χ2n) is 6.08. The molecule has 2 N–H and O–H groups in total. The molecule has 8 heteroatoms. The molecule has 0 atom stereocenters. The third-order valence-electron chi connectivity index (χ3n) is 3.85. The first-order chi connectivity index (χ1) is 13.2. The van der Waals surface area contributed by atoms with Crippen LogP contribution < -0.4 is 10.0 Å². The Kier molecular flexibility index (Phi) is 5.67. The molecule has 0 spiro atoms. The summed E-state index contributed by atoms with van der Waals surface area (Å²) in [5, 5.41) is 2.79. The van der Waals surface area contributed by atoms with E-state index in [4.69, 9.17) is 11.6 Å². The fourth-order valence-corrected chi connectivity index (χ4v) is 3.81. The van der Waals surface area contributed by atoms with Crippen molar-refractivity contribution in [3.8, 4) is 0 Å². The molecule has 0 heterocycles. The summed E-state index contributed by atoms with van der Waals surface area (Å²) < 4.78 is 40.8. The van der Waals surface area contributed by atoms with Crippen LogP contribution in [-0.4, -0.2) is 14.3 Å². The molecule has 0 aromatic heterocycles. The Morgan fingerprint density at radius 3 is 2.39 bits per heavy atom. The number of carbonyl (C=O) groups is 1. The lowest BCUT2D eigenvalue weighted by atomic mass is 10.2. The van der Waals surface area contributed by atoms with Crippen LogP contribution in [0.15, 0.2) is 71.6 Å². The summed E-state index contributed by atoms with van der Waals surface area (Å²) in [7, 11) is -4.04. The number of amides is 1. The van der Waals surface area contributed by atoms with Gasteiger partial charge in [0.15, 0.2) is 0 Å². The van der Waals surface area contributed by atoms with Crippen molar-refractivity contribution in [2.75, 3.05) is 10.0 Å². The highest BCUT2D eigenvalue weighted by molar-refractivity contribution is 7.92. The van der Waals surface area contributed by atoms with E-state index >= 15 is 0 Å². The van der Waals surface area contributed by atoms with Crippen LogP contribution in [0.4, 0.5) is 15.8 Å². The largest absolute Gasteiger partial charge is 0.322 e. The van der Waals surface area contributed by atoms with Gasteiger partial charge in [0, 0.05) is 5.69 Å². The Morgan fingerprint density at radius 1 is 0.964 bits per heavy atom. The van der Waals surface area contributed by atoms with E-state index in [2.05, 4.69) is 10.0 Å². The van der Waals surface area contributed by atoms with Gasteiger partial charge in [-0.2, -0.15) is 0 Å². The zero-order valence-corrected chi connectivity index (χ0v) is 16.3. The Bertz CT molecular complexity index is 1150. The first-order valence-electron chi connectivity index (χ1n) is 8.20. The zero-order valence-electron chi connectivity index (χ0n) is 14.7. The number of nitrogens with one attached hydrogen (secondary N) is 2. The van der Waals surface area contributed by atoms with Gasteiger partial charge < -0.3 is 5.32 Å². The average Bonchev–Trinajstić information content (AvgIpc) is 2.61. The third kappa shape index (κ3) is 4.68. The van der Waals surface area contributed by atoms with Gasteiger partial charge in [0.05, 0.1) is 21.2 Å². The fraction of sp³-hybridized carbons (Fsp3) is 0.0500. The van der Waals surface area contributed by atoms with Crippen molar-refractivity contribution < 1.29 is 17.6 Å². The Hall–Kier alpha value is -2.90. The van der Waals surface area contributed by atoms with Crippen LogP contribution in [0.5, 0.6) is 0 Å². The van der Waals surface area contributed by atoms with Gasteiger partial charge in [-0.05, 0) is 61.0 Å². The molecular formula is C20H16ClFN2O3S. The molecule has 3 aromatic carbocycles. The lowest BCUT2D eigenvalue weighted by Gasteiger charge is -2.11. The quantitative estimate of drug-likeness (QED) is 0.622. The summed E-state index contributed by atoms with van der Waals surface area (Å²) >= 11 is 6.09. The van der Waals surface area contributed by atoms with Crippen molar-refractivity contribution in [2.45, 2.75) is 11.8 Å². The minimum atomic E-state index is -4.04. The normalized spacial score (nSPS) is 11.1. The highest BCUT2D eigenvalue weighted by atomic mass is 35.5. The molecular weight excluding hydrogens is 403 g/mol. The zero-order chi connectivity index (χ0) is 20.3. The average molecular weight is 419 g/mol. The molecule has 0 aliphatic carbocycles. The van der Waals surface area contributed by atoms with Crippen molar-refractivity contribution in [3.63, 3.8) is 0 Å². The number of benzene rings is 3. The van der Waals surface area contributed by atoms with Gasteiger partial charge in [-0.1, -0.05) is 29.8 Å². The van der Waals surface area contributed by atoms with E-state index in [9.17, 15) is 17.6 Å². The Labute approximate surface area is 167 Å². The maximum atomic E-state index is 13.3. The standard InChI is InChI=1S/C20H16ClFN2O3S/c1-13-4-2-6-15(10-13)23-20(25)18-12-17(8-9-19(18)21)28(26,27)24-16-7-3-5-14(22)11-16/h2-12,24H,1H3,(H,23,25). The number of carbonyl (C=O) groups excluding carboxylic acids is 1. The van der Waals surface area contributed by atoms with E-state index in [1.54, 1.807) is 18.2 Å². The first kappa shape index (κ1) is 19.9. The molecule has 0 unspecified atom stereocenters. The summed E-state index contributed by atoms with van der Waals surface area (Å²) in [6.45, 7) is 1.88. The highest BCUT2D eigenvalue weighted by Gasteiger charge is 2.19. The molecule has 3 rings (SSSR count). The number of aryl methyl sites for hydroxylation is 1. The van der Waals surface area contributed by atoms with Gasteiger partial charge in [-0.25, -0.2) is 12.8 Å². The monoisotopic (exact) mass is 418 g/mol. The van der Waals surface area contributed by atoms with Crippen molar-refractivity contribution in [1.82, 2.24) is 0 Å². The SMILES string of the molecule is Cc1cccc(NC(=O)c2cc(S(=O)(=O)Nc3cccc(F)c3)ccc2Cl)c1. The Morgan fingerprint density at radius 2 is 1.68 bits per heavy atom. The summed E-state index contributed by atoms with van der Waals surface area (Å²) in [6, 6.07) is 16.0. The van der Waals surface area contributed by atoms with Crippen molar-refractivity contribution in [3.05, 3.63) is 88.7 Å². The molecule has 0 saturated carbocycles. The van der Waals surface area contributed by atoms with Crippen LogP contribution in [0, 0.1) is 12.7 Å². The second kappa shape index (κ2) is 8.00. The van der Waals surface area contributed by atoms with Crippen molar-refractivity contribution in [1.29, 1.82) is 0 Å². The number of halogens is 2. The van der Waals surface area contributed by atoms with E-state index in [0.717, 1.165) is 11.6 Å². The van der Waals surface area contributed by atoms with Crippen LogP contribution in [0.1, 0.15) is 15.9 Å². The minimum absolute atomic E-state index is 0.00490. The van der Waals surface area contributed by atoms with Gasteiger partial charge in [0.2, 0.25) is 0 Å². The molecule has 0 fully saturated rings. The van der Waals surface area contributed by atoms with Crippen LogP contribution in [0.2, 0.25) is 5.02 Å². The first-order valence-corrected chi connectivity index (χ1v) is 10.1. The molecule has 0 saturated heterocycles. The van der Waals surface area contributed by atoms with Crippen LogP contribution >= 0.6 is 11.6 Å². The number of sulfonamides is 1. The smallest absolute Gasteiger partial charge is 0.261 e. The van der Waals surface area contributed by atoms with Gasteiger partial charge in [-0.15, -0.1) is 0 Å². The minimum Gasteiger partial charge on any atom is -0.322 e. The van der Waals surface area contributed by atoms with Crippen LogP contribution in [-0.2, 0) is 10.0 Å². The molecule has 144 valence electrons. The van der Waals surface area contributed by atoms with Gasteiger partial charge in [0.1, 0.15) is 5.82 Å². The molecule has 1 amide bonds. The molecule has 0 aliphatic heterocycles. The van der Waals surface area contributed by atoms with E-state index in [0.29, 0.717) is 5.69 Å². The lowest BCUT2D eigenvalue weighted by Crippen LogP contribution is -2.16. The molecule has 3 aromatic rings. The van der Waals surface area contributed by atoms with Gasteiger partial charge in [-0.3, -0.25) is 9.52 Å². The topological polar surface area (TPSA) is 75.3 Å². The molecule has 0 aliphatic rings. The molecule has 0 bridgehead atoms. The third-order valence-corrected chi connectivity index (χ3v) is 5.55. The summed E-state index contributed by atoms with van der Waals surface area (Å²) in [5.74, 6) is -1.12. The van der Waals surface area contributed by atoms with Crippen LogP contribution in [0.25, 0.3) is 0 Å². The predicted molar refractivity (Wildman–Crippen MR) is 108 cm³/mol. The fourth-order valence-electron chi connectivity index (χ4n) is 2.53. The van der Waals surface area contributed by atoms with Crippen molar-refractivity contribution in [2.24, 2.45) is 0 Å². The molecule has 28 heavy (non-hydrogen) atoms. The molecule has 5 nitrogen and oxygen atoms in total. The summed E-state index contributed by atoms with van der Waals surface area (Å²) in [6.07, 6.45) is 0. The van der Waals surface area contributed by atoms with Crippen LogP contribution in [0.3, 0.4) is 0 Å². The van der Waals surface area contributed by atoms with E-state index < -0.39 is 21.7 Å². The second-order valence-corrected chi connectivity index (χ2v) is 8.17. The number of anilines is 2. The van der Waals surface area contributed by atoms with Gasteiger partial charge >= 0.3 is 0 Å². The molecule has 0 radical (unpaired) electrons. The van der Waals surface area contributed by atoms with Gasteiger partial charge in [0.25, 0.3) is 15.9 Å². The Balaban J connectivity index is 1.89. The number of rotatable bonds is 5. The summed E-state index contributed by atoms with van der Waals surface area (Å²) in [5.41, 5.74) is 1.60. The van der Waals surface area contributed by atoms with E-state index in [-0.39, 0.29) is 21.2 Å². The lowest BCUT2D eigenvalue weighted by molar-refractivity contribution is 0.102. The van der Waals surface area contributed by atoms with Crippen molar-refractivity contribution >= 4 is 38.9 Å². The van der Waals surface area contributed by atoms with E-state index in [1.807, 2.05) is 13.0 Å². The summed E-state index contributed by atoms with van der Waals surface area (Å²) in [4.78, 5) is 12.4. The maximum Gasteiger partial charge on any atom is 0.261 e. The number of hydrogen-bond acceptors (Lipinski definition) is 3. The predicted octanol–water partition coefficient (Wildman–Crippen LogP) is 4.84. The van der Waals surface area contributed by atoms with E-state index in [1.165, 1.54) is 36.4 Å². The number of hydrogen-bond donors (Lipinski definition) is 2. The highest BCUT2D eigenvalue weighted by Crippen LogP contribution is 2.24. The maximum absolute atomic E-state index is 13.3.